The summed E-state index contributed by atoms with van der Waals surface area (Å²) in [6.45, 7) is 0. The zero-order valence-electron chi connectivity index (χ0n) is 10.3. The van der Waals surface area contributed by atoms with Crippen molar-refractivity contribution in [1.29, 1.82) is 0 Å². The molecule has 0 atom stereocenters. The Morgan fingerprint density at radius 1 is 1.29 bits per heavy atom. The summed E-state index contributed by atoms with van der Waals surface area (Å²) in [7, 11) is 1.63. The molecule has 3 N–H and O–H groups in total. The van der Waals surface area contributed by atoms with E-state index in [-0.39, 0.29) is 5.91 Å². The van der Waals surface area contributed by atoms with E-state index in [9.17, 15) is 4.79 Å². The van der Waals surface area contributed by atoms with Crippen molar-refractivity contribution in [1.82, 2.24) is 5.32 Å². The standard InChI is InChI=1S/C14H20N2O/c1-16-14(17)12-9-5-8-11(13(12)15)10-6-3-2-4-7-10/h5,8-10H,2-4,6-7,15H2,1H3,(H,16,17). The van der Waals surface area contributed by atoms with Crippen LogP contribution in [0, 0.1) is 0 Å². The largest absolute Gasteiger partial charge is 0.398 e. The molecule has 1 aliphatic rings. The van der Waals surface area contributed by atoms with Crippen LogP contribution in [0.15, 0.2) is 18.2 Å². The van der Waals surface area contributed by atoms with Gasteiger partial charge in [0.15, 0.2) is 0 Å². The van der Waals surface area contributed by atoms with E-state index in [1.54, 1.807) is 13.1 Å². The number of hydrogen-bond acceptors (Lipinski definition) is 2. The number of amides is 1. The number of rotatable bonds is 2. The highest BCUT2D eigenvalue weighted by molar-refractivity contribution is 5.99. The first-order valence-corrected chi connectivity index (χ1v) is 6.34. The van der Waals surface area contributed by atoms with Gasteiger partial charge in [-0.05, 0) is 30.4 Å². The molecule has 0 aromatic heterocycles. The average Bonchev–Trinajstić information content (AvgIpc) is 2.39. The van der Waals surface area contributed by atoms with Crippen LogP contribution >= 0.6 is 0 Å². The number of nitrogens with two attached hydrogens (primary N) is 1. The minimum absolute atomic E-state index is 0.0971. The summed E-state index contributed by atoms with van der Waals surface area (Å²) in [6.07, 6.45) is 6.26. The van der Waals surface area contributed by atoms with Gasteiger partial charge in [-0.15, -0.1) is 0 Å². The summed E-state index contributed by atoms with van der Waals surface area (Å²) >= 11 is 0. The molecule has 3 nitrogen and oxygen atoms in total. The van der Waals surface area contributed by atoms with E-state index in [1.807, 2.05) is 6.07 Å². The van der Waals surface area contributed by atoms with Gasteiger partial charge in [0, 0.05) is 12.7 Å². The van der Waals surface area contributed by atoms with Gasteiger partial charge in [-0.2, -0.15) is 0 Å². The molecule has 2 rings (SSSR count). The number of nitrogen functional groups attached to an aromatic ring is 1. The van der Waals surface area contributed by atoms with Gasteiger partial charge in [-0.3, -0.25) is 4.79 Å². The molecule has 3 heteroatoms. The van der Waals surface area contributed by atoms with Crippen LogP contribution in [-0.4, -0.2) is 13.0 Å². The number of nitrogens with one attached hydrogen (secondary N) is 1. The van der Waals surface area contributed by atoms with Crippen molar-refractivity contribution in [3.05, 3.63) is 29.3 Å². The molecule has 1 saturated carbocycles. The van der Waals surface area contributed by atoms with Gasteiger partial charge in [0.25, 0.3) is 5.91 Å². The first-order valence-electron chi connectivity index (χ1n) is 6.34. The summed E-state index contributed by atoms with van der Waals surface area (Å²) in [4.78, 5) is 11.7. The smallest absolute Gasteiger partial charge is 0.253 e. The van der Waals surface area contributed by atoms with Crippen LogP contribution < -0.4 is 11.1 Å². The first-order chi connectivity index (χ1) is 8.24. The molecular weight excluding hydrogens is 212 g/mol. The first kappa shape index (κ1) is 12.0. The molecule has 0 radical (unpaired) electrons. The molecule has 1 amide bonds. The molecule has 0 saturated heterocycles. The maximum atomic E-state index is 11.7. The lowest BCUT2D eigenvalue weighted by molar-refractivity contribution is 0.0964. The van der Waals surface area contributed by atoms with Crippen LogP contribution in [-0.2, 0) is 0 Å². The zero-order valence-corrected chi connectivity index (χ0v) is 10.3. The highest BCUT2D eigenvalue weighted by Gasteiger charge is 2.20. The maximum absolute atomic E-state index is 11.7. The number of anilines is 1. The van der Waals surface area contributed by atoms with E-state index >= 15 is 0 Å². The Bertz CT molecular complexity index is 409. The van der Waals surface area contributed by atoms with Crippen molar-refractivity contribution < 1.29 is 4.79 Å². The van der Waals surface area contributed by atoms with E-state index in [0.29, 0.717) is 17.2 Å². The molecule has 1 aromatic rings. The lowest BCUT2D eigenvalue weighted by atomic mass is 9.82. The highest BCUT2D eigenvalue weighted by atomic mass is 16.1. The van der Waals surface area contributed by atoms with E-state index < -0.39 is 0 Å². The Kier molecular flexibility index (Phi) is 3.67. The van der Waals surface area contributed by atoms with Crippen LogP contribution in [0.2, 0.25) is 0 Å². The summed E-state index contributed by atoms with van der Waals surface area (Å²) in [5.74, 6) is 0.438. The predicted octanol–water partition coefficient (Wildman–Crippen LogP) is 2.68. The minimum Gasteiger partial charge on any atom is -0.398 e. The van der Waals surface area contributed by atoms with Crippen molar-refractivity contribution >= 4 is 11.6 Å². The highest BCUT2D eigenvalue weighted by Crippen LogP contribution is 2.36. The number of carbonyl (C=O) groups excluding carboxylic acids is 1. The predicted molar refractivity (Wildman–Crippen MR) is 70.1 cm³/mol. The SMILES string of the molecule is CNC(=O)c1cccc(C2CCCCC2)c1N. The second kappa shape index (κ2) is 5.21. The van der Waals surface area contributed by atoms with Crippen LogP contribution in [0.5, 0.6) is 0 Å². The molecule has 92 valence electrons. The van der Waals surface area contributed by atoms with Crippen LogP contribution in [0.3, 0.4) is 0 Å². The molecule has 0 heterocycles. The monoisotopic (exact) mass is 232 g/mol. The molecule has 0 spiro atoms. The van der Waals surface area contributed by atoms with E-state index in [1.165, 1.54) is 32.1 Å². The molecule has 17 heavy (non-hydrogen) atoms. The fraction of sp³-hybridized carbons (Fsp3) is 0.500. The second-order valence-electron chi connectivity index (χ2n) is 4.72. The van der Waals surface area contributed by atoms with Crippen molar-refractivity contribution in [3.8, 4) is 0 Å². The zero-order chi connectivity index (χ0) is 12.3. The van der Waals surface area contributed by atoms with E-state index in [2.05, 4.69) is 11.4 Å². The van der Waals surface area contributed by atoms with Crippen LogP contribution in [0.4, 0.5) is 5.69 Å². The molecule has 0 unspecified atom stereocenters. The van der Waals surface area contributed by atoms with Gasteiger partial charge >= 0.3 is 0 Å². The van der Waals surface area contributed by atoms with Gasteiger partial charge in [0.1, 0.15) is 0 Å². The Morgan fingerprint density at radius 2 is 2.00 bits per heavy atom. The van der Waals surface area contributed by atoms with E-state index in [4.69, 9.17) is 5.73 Å². The normalized spacial score (nSPS) is 16.8. The maximum Gasteiger partial charge on any atom is 0.253 e. The number of benzene rings is 1. The Hall–Kier alpha value is -1.51. The summed E-state index contributed by atoms with van der Waals surface area (Å²) in [6, 6.07) is 5.79. The molecular formula is C14H20N2O. The van der Waals surface area contributed by atoms with Crippen LogP contribution in [0.1, 0.15) is 53.9 Å². The van der Waals surface area contributed by atoms with Crippen LogP contribution in [0.25, 0.3) is 0 Å². The molecule has 1 fully saturated rings. The number of para-hydroxylation sites is 1. The number of hydrogen-bond donors (Lipinski definition) is 2. The fourth-order valence-corrected chi connectivity index (χ4v) is 2.69. The molecule has 1 aromatic carbocycles. The third-order valence-electron chi connectivity index (χ3n) is 3.66. The third kappa shape index (κ3) is 2.43. The summed E-state index contributed by atoms with van der Waals surface area (Å²) in [5, 5.41) is 2.63. The second-order valence-corrected chi connectivity index (χ2v) is 4.72. The fourth-order valence-electron chi connectivity index (χ4n) is 2.69. The minimum atomic E-state index is -0.0971. The van der Waals surface area contributed by atoms with Gasteiger partial charge in [-0.1, -0.05) is 31.4 Å². The van der Waals surface area contributed by atoms with Gasteiger partial charge < -0.3 is 11.1 Å². The Labute approximate surface area is 102 Å². The Morgan fingerprint density at radius 3 is 2.65 bits per heavy atom. The van der Waals surface area contributed by atoms with Crippen molar-refractivity contribution in [2.24, 2.45) is 0 Å². The number of carbonyl (C=O) groups is 1. The van der Waals surface area contributed by atoms with Crippen molar-refractivity contribution in [2.75, 3.05) is 12.8 Å². The van der Waals surface area contributed by atoms with Gasteiger partial charge in [-0.25, -0.2) is 0 Å². The van der Waals surface area contributed by atoms with Crippen molar-refractivity contribution in [3.63, 3.8) is 0 Å². The lowest BCUT2D eigenvalue weighted by Gasteiger charge is -2.24. The van der Waals surface area contributed by atoms with Gasteiger partial charge in [0.2, 0.25) is 0 Å². The third-order valence-corrected chi connectivity index (χ3v) is 3.66. The molecule has 0 bridgehead atoms. The van der Waals surface area contributed by atoms with E-state index in [0.717, 1.165) is 5.56 Å². The molecule has 1 aliphatic carbocycles. The molecule has 0 aliphatic heterocycles. The summed E-state index contributed by atoms with van der Waals surface area (Å²) < 4.78 is 0. The lowest BCUT2D eigenvalue weighted by Crippen LogP contribution is -2.20. The Balaban J connectivity index is 2.31. The topological polar surface area (TPSA) is 55.1 Å². The van der Waals surface area contributed by atoms with Crippen molar-refractivity contribution in [2.45, 2.75) is 38.0 Å². The van der Waals surface area contributed by atoms with Gasteiger partial charge in [0.05, 0.1) is 5.56 Å². The quantitative estimate of drug-likeness (QED) is 0.770. The summed E-state index contributed by atoms with van der Waals surface area (Å²) in [5.41, 5.74) is 8.56. The average molecular weight is 232 g/mol.